The number of carbonyl (C=O) groups excluding carboxylic acids is 2. The van der Waals surface area contributed by atoms with Crippen LogP contribution in [0.4, 0.5) is 0 Å². The molecule has 2 aromatic rings. The van der Waals surface area contributed by atoms with Gasteiger partial charge in [0.25, 0.3) is 0 Å². The molecule has 0 N–H and O–H groups in total. The number of fused-ring (bicyclic) bond motifs is 5. The van der Waals surface area contributed by atoms with E-state index >= 15 is 0 Å². The molecule has 6 unspecified atom stereocenters. The number of hydrogen-bond donors (Lipinski definition) is 0. The molecule has 2 saturated heterocycles. The van der Waals surface area contributed by atoms with Gasteiger partial charge in [0, 0.05) is 0 Å². The highest BCUT2D eigenvalue weighted by Crippen LogP contribution is 2.56. The topological polar surface area (TPSA) is 61.8 Å². The van der Waals surface area contributed by atoms with Crippen LogP contribution in [0.3, 0.4) is 0 Å². The summed E-state index contributed by atoms with van der Waals surface area (Å²) in [5.74, 6) is -0.170. The highest BCUT2D eigenvalue weighted by atomic mass is 16.6. The van der Waals surface area contributed by atoms with Crippen LogP contribution in [0.15, 0.2) is 60.7 Å². The van der Waals surface area contributed by atoms with E-state index in [0.29, 0.717) is 23.0 Å². The number of benzene rings is 2. The van der Waals surface area contributed by atoms with Crippen LogP contribution in [0.25, 0.3) is 0 Å². The monoisotopic (exact) mass is 420 g/mol. The Morgan fingerprint density at radius 3 is 1.81 bits per heavy atom. The molecule has 5 rings (SSSR count). The second-order valence-corrected chi connectivity index (χ2v) is 9.77. The summed E-state index contributed by atoms with van der Waals surface area (Å²) in [6, 6.07) is 17.9. The molecule has 6 atom stereocenters. The van der Waals surface area contributed by atoms with Crippen LogP contribution in [0.5, 0.6) is 0 Å². The number of rotatable bonds is 4. The normalized spacial score (nSPS) is 32.8. The largest absolute Gasteiger partial charge is 0.452 e. The summed E-state index contributed by atoms with van der Waals surface area (Å²) in [5, 5.41) is 0. The number of carbonyl (C=O) groups is 2. The molecule has 1 saturated carbocycles. The van der Waals surface area contributed by atoms with Gasteiger partial charge in [0.1, 0.15) is 12.2 Å². The molecule has 2 aliphatic heterocycles. The first-order valence-corrected chi connectivity index (χ1v) is 11.1. The van der Waals surface area contributed by atoms with Crippen LogP contribution in [0, 0.1) is 17.3 Å². The van der Waals surface area contributed by atoms with Gasteiger partial charge in [0.15, 0.2) is 12.2 Å². The molecule has 5 heteroatoms. The van der Waals surface area contributed by atoms with Crippen LogP contribution in [0.2, 0.25) is 0 Å². The molecule has 3 aliphatic rings. The van der Waals surface area contributed by atoms with Crippen LogP contribution in [-0.2, 0) is 14.2 Å². The molecule has 2 aromatic carbocycles. The third-order valence-corrected chi connectivity index (χ3v) is 7.13. The lowest BCUT2D eigenvalue weighted by molar-refractivity contribution is -0.0695. The quantitative estimate of drug-likeness (QED) is 0.673. The van der Waals surface area contributed by atoms with Crippen LogP contribution < -0.4 is 0 Å². The van der Waals surface area contributed by atoms with Crippen LogP contribution in [0.1, 0.15) is 53.8 Å². The summed E-state index contributed by atoms with van der Waals surface area (Å²) in [5.41, 5.74) is 1.21. The first-order valence-electron chi connectivity index (χ1n) is 11.1. The first kappa shape index (κ1) is 20.3. The average molecular weight is 421 g/mol. The predicted octanol–water partition coefficient (Wildman–Crippen LogP) is 4.66. The molecule has 5 nitrogen and oxygen atoms in total. The third kappa shape index (κ3) is 3.76. The summed E-state index contributed by atoms with van der Waals surface area (Å²) in [7, 11) is 0. The fourth-order valence-corrected chi connectivity index (χ4v) is 5.63. The Bertz CT molecular complexity index is 954. The highest BCUT2D eigenvalue weighted by Gasteiger charge is 2.64. The average Bonchev–Trinajstić information content (AvgIpc) is 3.30. The molecule has 0 spiro atoms. The maximum absolute atomic E-state index is 12.8. The molecule has 3 fully saturated rings. The van der Waals surface area contributed by atoms with Gasteiger partial charge in [-0.1, -0.05) is 50.2 Å². The van der Waals surface area contributed by atoms with E-state index in [1.54, 1.807) is 48.5 Å². The second kappa shape index (κ2) is 7.79. The molecule has 162 valence electrons. The molecule has 0 amide bonds. The zero-order chi connectivity index (χ0) is 21.6. The van der Waals surface area contributed by atoms with Crippen molar-refractivity contribution in [1.29, 1.82) is 0 Å². The van der Waals surface area contributed by atoms with Crippen molar-refractivity contribution in [1.82, 2.24) is 0 Å². The summed E-state index contributed by atoms with van der Waals surface area (Å²) in [6.07, 6.45) is 1.53. The minimum absolute atomic E-state index is 0.229. The van der Waals surface area contributed by atoms with Gasteiger partial charge in [0.2, 0.25) is 0 Å². The molecule has 31 heavy (non-hydrogen) atoms. The van der Waals surface area contributed by atoms with Crippen molar-refractivity contribution in [2.75, 3.05) is 0 Å². The minimum atomic E-state index is -0.597. The van der Waals surface area contributed by atoms with Crippen molar-refractivity contribution in [2.45, 2.75) is 57.5 Å². The van der Waals surface area contributed by atoms with Gasteiger partial charge < -0.3 is 14.2 Å². The Labute approximate surface area is 182 Å². The fraction of sp³-hybridized carbons (Fsp3) is 0.462. The van der Waals surface area contributed by atoms with E-state index in [2.05, 4.69) is 13.8 Å². The van der Waals surface area contributed by atoms with Gasteiger partial charge >= 0.3 is 11.9 Å². The Kier molecular flexibility index (Phi) is 5.09. The van der Waals surface area contributed by atoms with Crippen molar-refractivity contribution in [3.05, 3.63) is 71.8 Å². The van der Waals surface area contributed by atoms with E-state index in [9.17, 15) is 9.59 Å². The summed E-state index contributed by atoms with van der Waals surface area (Å²) in [6.45, 7) is 4.57. The highest BCUT2D eigenvalue weighted by molar-refractivity contribution is 5.90. The Morgan fingerprint density at radius 1 is 0.806 bits per heavy atom. The summed E-state index contributed by atoms with van der Waals surface area (Å²) >= 11 is 0. The van der Waals surface area contributed by atoms with Crippen LogP contribution in [-0.4, -0.2) is 36.4 Å². The van der Waals surface area contributed by atoms with E-state index in [1.807, 2.05) is 12.1 Å². The van der Waals surface area contributed by atoms with Gasteiger partial charge in [-0.05, 0) is 60.8 Å². The van der Waals surface area contributed by atoms with Gasteiger partial charge in [-0.2, -0.15) is 0 Å². The maximum atomic E-state index is 12.8. The van der Waals surface area contributed by atoms with E-state index in [1.165, 1.54) is 0 Å². The SMILES string of the molecule is CC1(C)CCC2C(C1)C1OC2C(OC(=O)c2ccccc2)C1OC(=O)c1ccccc1. The fourth-order valence-electron chi connectivity index (χ4n) is 5.63. The maximum Gasteiger partial charge on any atom is 0.338 e. The van der Waals surface area contributed by atoms with Gasteiger partial charge in [-0.3, -0.25) is 0 Å². The second-order valence-electron chi connectivity index (χ2n) is 9.77. The summed E-state index contributed by atoms with van der Waals surface area (Å²) in [4.78, 5) is 25.7. The molecular weight excluding hydrogens is 392 g/mol. The lowest BCUT2D eigenvalue weighted by atomic mass is 9.61. The zero-order valence-corrected chi connectivity index (χ0v) is 17.9. The molecule has 2 heterocycles. The van der Waals surface area contributed by atoms with E-state index in [-0.39, 0.29) is 17.6 Å². The Morgan fingerprint density at radius 2 is 1.29 bits per heavy atom. The van der Waals surface area contributed by atoms with Crippen molar-refractivity contribution in [3.8, 4) is 0 Å². The molecular formula is C26H28O5. The molecule has 1 aliphatic carbocycles. The van der Waals surface area contributed by atoms with Crippen molar-refractivity contribution in [3.63, 3.8) is 0 Å². The Hall–Kier alpha value is -2.66. The number of hydrogen-bond acceptors (Lipinski definition) is 5. The van der Waals surface area contributed by atoms with Crippen molar-refractivity contribution < 1.29 is 23.8 Å². The predicted molar refractivity (Wildman–Crippen MR) is 115 cm³/mol. The number of esters is 2. The lowest BCUT2D eigenvalue weighted by Crippen LogP contribution is -2.53. The van der Waals surface area contributed by atoms with Crippen LogP contribution >= 0.6 is 0 Å². The third-order valence-electron chi connectivity index (χ3n) is 7.13. The van der Waals surface area contributed by atoms with Gasteiger partial charge in [-0.15, -0.1) is 0 Å². The molecule has 2 bridgehead atoms. The zero-order valence-electron chi connectivity index (χ0n) is 17.9. The number of ether oxygens (including phenoxy) is 3. The summed E-state index contributed by atoms with van der Waals surface area (Å²) < 4.78 is 18.3. The van der Waals surface area contributed by atoms with Crippen molar-refractivity contribution in [2.24, 2.45) is 17.3 Å². The van der Waals surface area contributed by atoms with E-state index < -0.39 is 24.1 Å². The standard InChI is InChI=1S/C26H28O5/c1-26(2)14-13-18-19(15-26)21-23(31-25(28)17-11-7-4-8-12-17)22(20(18)29-21)30-24(27)16-9-5-3-6-10-16/h3-12,18-23H,13-15H2,1-2H3. The van der Waals surface area contributed by atoms with Gasteiger partial charge in [-0.25, -0.2) is 9.59 Å². The van der Waals surface area contributed by atoms with Crippen molar-refractivity contribution >= 4 is 11.9 Å². The smallest absolute Gasteiger partial charge is 0.338 e. The lowest BCUT2D eigenvalue weighted by Gasteiger charge is -2.44. The molecule has 0 radical (unpaired) electrons. The van der Waals surface area contributed by atoms with Gasteiger partial charge in [0.05, 0.1) is 11.1 Å². The Balaban J connectivity index is 1.40. The first-order chi connectivity index (χ1) is 14.9. The minimum Gasteiger partial charge on any atom is -0.452 e. The van der Waals surface area contributed by atoms with E-state index in [4.69, 9.17) is 14.2 Å². The van der Waals surface area contributed by atoms with E-state index in [0.717, 1.165) is 19.3 Å². The molecule has 0 aromatic heterocycles.